The van der Waals surface area contributed by atoms with Crippen LogP contribution in [0.2, 0.25) is 0 Å². The number of hydrogen-bond acceptors (Lipinski definition) is 3. The minimum atomic E-state index is -0.208. The maximum atomic E-state index is 13.4. The zero-order chi connectivity index (χ0) is 24.3. The molecule has 0 bridgehead atoms. The molecule has 4 rings (SSSR count). The number of ether oxygens (including phenoxy) is 2. The molecule has 0 N–H and O–H groups in total. The second-order valence-corrected chi connectivity index (χ2v) is 8.69. The molecule has 4 aromatic rings. The van der Waals surface area contributed by atoms with Crippen LogP contribution in [0.5, 0.6) is 11.5 Å². The maximum absolute atomic E-state index is 13.4. The van der Waals surface area contributed by atoms with Gasteiger partial charge >= 0.3 is 0 Å². The number of hydrogen-bond donors (Lipinski definition) is 0. The molecular formula is C31H32FNO2. The molecule has 0 spiro atoms. The van der Waals surface area contributed by atoms with E-state index >= 15 is 0 Å². The van der Waals surface area contributed by atoms with Gasteiger partial charge in [-0.15, -0.1) is 0 Å². The van der Waals surface area contributed by atoms with Crippen molar-refractivity contribution in [1.82, 2.24) is 4.90 Å². The highest BCUT2D eigenvalue weighted by Crippen LogP contribution is 2.29. The van der Waals surface area contributed by atoms with E-state index in [0.29, 0.717) is 6.61 Å². The van der Waals surface area contributed by atoms with Crippen molar-refractivity contribution in [3.8, 4) is 11.5 Å². The third-order valence-electron chi connectivity index (χ3n) is 5.97. The summed E-state index contributed by atoms with van der Waals surface area (Å²) >= 11 is 0. The summed E-state index contributed by atoms with van der Waals surface area (Å²) in [4.78, 5) is 2.40. The number of rotatable bonds is 12. The van der Waals surface area contributed by atoms with Crippen LogP contribution in [0.25, 0.3) is 0 Å². The smallest absolute Gasteiger partial charge is 0.161 e. The van der Waals surface area contributed by atoms with Crippen molar-refractivity contribution in [2.24, 2.45) is 0 Å². The lowest BCUT2D eigenvalue weighted by atomic mass is 10.1. The van der Waals surface area contributed by atoms with E-state index in [1.807, 2.05) is 54.6 Å². The molecule has 0 atom stereocenters. The molecule has 35 heavy (non-hydrogen) atoms. The molecule has 0 unspecified atom stereocenters. The van der Waals surface area contributed by atoms with Gasteiger partial charge in [-0.25, -0.2) is 4.39 Å². The van der Waals surface area contributed by atoms with Gasteiger partial charge in [-0.1, -0.05) is 78.9 Å². The molecule has 0 amide bonds. The van der Waals surface area contributed by atoms with E-state index in [4.69, 9.17) is 9.47 Å². The predicted molar refractivity (Wildman–Crippen MR) is 139 cm³/mol. The summed E-state index contributed by atoms with van der Waals surface area (Å²) in [6.45, 7) is 2.94. The van der Waals surface area contributed by atoms with Gasteiger partial charge in [0, 0.05) is 13.1 Å². The molecule has 0 fully saturated rings. The van der Waals surface area contributed by atoms with Gasteiger partial charge in [0.1, 0.15) is 12.4 Å². The molecule has 0 aromatic heterocycles. The number of halogens is 1. The zero-order valence-electron chi connectivity index (χ0n) is 20.2. The Morgan fingerprint density at radius 2 is 1.29 bits per heavy atom. The summed E-state index contributed by atoms with van der Waals surface area (Å²) in [6.07, 6.45) is 2.07. The van der Waals surface area contributed by atoms with E-state index in [-0.39, 0.29) is 5.82 Å². The lowest BCUT2D eigenvalue weighted by Crippen LogP contribution is -2.24. The summed E-state index contributed by atoms with van der Waals surface area (Å²) in [5, 5.41) is 0. The van der Waals surface area contributed by atoms with E-state index in [1.54, 1.807) is 7.11 Å². The van der Waals surface area contributed by atoms with Crippen LogP contribution in [0.15, 0.2) is 103 Å². The van der Waals surface area contributed by atoms with Crippen molar-refractivity contribution in [2.45, 2.75) is 32.5 Å². The second-order valence-electron chi connectivity index (χ2n) is 8.69. The molecule has 0 aliphatic carbocycles. The fourth-order valence-electron chi connectivity index (χ4n) is 4.14. The summed E-state index contributed by atoms with van der Waals surface area (Å²) in [5.74, 6) is 1.25. The van der Waals surface area contributed by atoms with Crippen LogP contribution < -0.4 is 9.47 Å². The summed E-state index contributed by atoms with van der Waals surface area (Å²) in [6, 6.07) is 33.6. The van der Waals surface area contributed by atoms with Crippen molar-refractivity contribution in [2.75, 3.05) is 13.7 Å². The van der Waals surface area contributed by atoms with E-state index < -0.39 is 0 Å². The Labute approximate surface area is 207 Å². The third-order valence-corrected chi connectivity index (χ3v) is 5.97. The van der Waals surface area contributed by atoms with Gasteiger partial charge in [0.05, 0.1) is 7.11 Å². The van der Waals surface area contributed by atoms with Gasteiger partial charge in [0.25, 0.3) is 0 Å². The van der Waals surface area contributed by atoms with Gasteiger partial charge in [0.15, 0.2) is 11.5 Å². The Kier molecular flexibility index (Phi) is 8.91. The van der Waals surface area contributed by atoms with Gasteiger partial charge in [-0.3, -0.25) is 4.90 Å². The lowest BCUT2D eigenvalue weighted by molar-refractivity contribution is 0.252. The van der Waals surface area contributed by atoms with Crippen LogP contribution in [-0.4, -0.2) is 18.6 Å². The Morgan fingerprint density at radius 1 is 0.657 bits per heavy atom. The highest BCUT2D eigenvalue weighted by Gasteiger charge is 2.12. The average molecular weight is 470 g/mol. The summed E-state index contributed by atoms with van der Waals surface area (Å²) in [5.41, 5.74) is 4.70. The highest BCUT2D eigenvalue weighted by atomic mass is 19.1. The van der Waals surface area contributed by atoms with Crippen LogP contribution in [-0.2, 0) is 26.1 Å². The Balaban J connectivity index is 1.43. The van der Waals surface area contributed by atoms with Gasteiger partial charge < -0.3 is 9.47 Å². The van der Waals surface area contributed by atoms with Crippen molar-refractivity contribution in [3.05, 3.63) is 131 Å². The molecule has 4 aromatic carbocycles. The van der Waals surface area contributed by atoms with E-state index in [9.17, 15) is 4.39 Å². The largest absolute Gasteiger partial charge is 0.493 e. The monoisotopic (exact) mass is 469 g/mol. The minimum absolute atomic E-state index is 0.208. The van der Waals surface area contributed by atoms with Crippen LogP contribution >= 0.6 is 0 Å². The molecule has 0 saturated heterocycles. The number of benzene rings is 4. The van der Waals surface area contributed by atoms with Gasteiger partial charge in [-0.05, 0) is 65.9 Å². The minimum Gasteiger partial charge on any atom is -0.493 e. The molecule has 3 nitrogen and oxygen atoms in total. The molecule has 0 radical (unpaired) electrons. The predicted octanol–water partition coefficient (Wildman–Crippen LogP) is 7.05. The number of methoxy groups -OCH3 is 1. The quantitative estimate of drug-likeness (QED) is 0.222. The van der Waals surface area contributed by atoms with Crippen LogP contribution in [0.3, 0.4) is 0 Å². The van der Waals surface area contributed by atoms with Crippen molar-refractivity contribution >= 4 is 0 Å². The first-order valence-electron chi connectivity index (χ1n) is 12.0. The van der Waals surface area contributed by atoms with Crippen molar-refractivity contribution in [3.63, 3.8) is 0 Å². The highest BCUT2D eigenvalue weighted by molar-refractivity contribution is 5.43. The first-order valence-corrected chi connectivity index (χ1v) is 12.0. The fourth-order valence-corrected chi connectivity index (χ4v) is 4.14. The van der Waals surface area contributed by atoms with Crippen LogP contribution in [0.1, 0.15) is 28.7 Å². The first-order chi connectivity index (χ1) is 17.2. The lowest BCUT2D eigenvalue weighted by Gasteiger charge is -2.23. The van der Waals surface area contributed by atoms with Crippen LogP contribution in [0, 0.1) is 5.82 Å². The van der Waals surface area contributed by atoms with Crippen molar-refractivity contribution in [1.29, 1.82) is 0 Å². The third kappa shape index (κ3) is 7.69. The first kappa shape index (κ1) is 24.5. The maximum Gasteiger partial charge on any atom is 0.161 e. The normalized spacial score (nSPS) is 10.9. The summed E-state index contributed by atoms with van der Waals surface area (Å²) < 4.78 is 25.1. The molecule has 0 aliphatic heterocycles. The second kappa shape index (κ2) is 12.7. The van der Waals surface area contributed by atoms with E-state index in [0.717, 1.165) is 60.7 Å². The van der Waals surface area contributed by atoms with Gasteiger partial charge in [0.2, 0.25) is 0 Å². The standard InChI is InChI=1S/C31H32FNO2/c1-34-31-21-28(16-19-30(31)35-24-27-11-6-3-7-12-27)23-33(22-26-14-17-29(32)18-15-26)20-8-13-25-9-4-2-5-10-25/h2-7,9-12,14-19,21H,8,13,20,22-24H2,1H3. The molecule has 0 saturated carbocycles. The topological polar surface area (TPSA) is 21.7 Å². The van der Waals surface area contributed by atoms with E-state index in [2.05, 4.69) is 41.3 Å². The molecular weight excluding hydrogens is 437 g/mol. The Morgan fingerprint density at radius 3 is 1.97 bits per heavy atom. The number of nitrogens with zero attached hydrogens (tertiary/aromatic N) is 1. The molecule has 0 aliphatic rings. The Bertz CT molecular complexity index is 1160. The Hall–Kier alpha value is -3.63. The SMILES string of the molecule is COc1cc(CN(CCCc2ccccc2)Cc2ccc(F)cc2)ccc1OCc1ccccc1. The van der Waals surface area contributed by atoms with Gasteiger partial charge in [-0.2, -0.15) is 0 Å². The number of aryl methyl sites for hydroxylation is 1. The van der Waals surface area contributed by atoms with Crippen molar-refractivity contribution < 1.29 is 13.9 Å². The zero-order valence-corrected chi connectivity index (χ0v) is 20.2. The molecule has 180 valence electrons. The van der Waals surface area contributed by atoms with Crippen LogP contribution in [0.4, 0.5) is 4.39 Å². The molecule has 4 heteroatoms. The molecule has 0 heterocycles. The summed E-state index contributed by atoms with van der Waals surface area (Å²) in [7, 11) is 1.67. The fraction of sp³-hybridized carbons (Fsp3) is 0.226. The van der Waals surface area contributed by atoms with E-state index in [1.165, 1.54) is 17.7 Å². The average Bonchev–Trinajstić information content (AvgIpc) is 2.90.